The Kier molecular flexibility index (Phi) is 4.76. The van der Waals surface area contributed by atoms with Crippen LogP contribution in [0.5, 0.6) is 11.5 Å². The van der Waals surface area contributed by atoms with E-state index in [1.54, 1.807) is 12.3 Å². The van der Waals surface area contributed by atoms with Crippen molar-refractivity contribution in [2.45, 2.75) is 6.54 Å². The molecule has 0 bridgehead atoms. The maximum atomic E-state index is 13.7. The lowest BCUT2D eigenvalue weighted by molar-refractivity contribution is 0.102. The zero-order chi connectivity index (χ0) is 19.5. The van der Waals surface area contributed by atoms with Crippen molar-refractivity contribution in [3.8, 4) is 11.5 Å². The Hall–Kier alpha value is -3.68. The van der Waals surface area contributed by atoms with E-state index in [1.807, 2.05) is 18.2 Å². The molecular formula is C20H15F2N3O3. The summed E-state index contributed by atoms with van der Waals surface area (Å²) in [5.41, 5.74) is 1.71. The number of fused-ring (bicyclic) bond motifs is 1. The number of hydrogen-bond acceptors (Lipinski definition) is 5. The summed E-state index contributed by atoms with van der Waals surface area (Å²) in [6.07, 6.45) is 2.94. The van der Waals surface area contributed by atoms with E-state index in [9.17, 15) is 13.6 Å². The Morgan fingerprint density at radius 2 is 1.89 bits per heavy atom. The minimum atomic E-state index is -0.849. The van der Waals surface area contributed by atoms with Crippen LogP contribution in [0.3, 0.4) is 0 Å². The van der Waals surface area contributed by atoms with Crippen LogP contribution >= 0.6 is 0 Å². The summed E-state index contributed by atoms with van der Waals surface area (Å²) in [5, 5.41) is 5.57. The van der Waals surface area contributed by atoms with Gasteiger partial charge in [-0.3, -0.25) is 9.78 Å². The van der Waals surface area contributed by atoms with Gasteiger partial charge < -0.3 is 20.1 Å². The molecule has 142 valence electrons. The SMILES string of the molecule is O=C(Nc1ccc(F)cc1F)c1cncc(NCc2ccc3c(c2)OCO3)c1. The average Bonchev–Trinajstić information content (AvgIpc) is 3.16. The Balaban J connectivity index is 1.43. The van der Waals surface area contributed by atoms with E-state index in [0.717, 1.165) is 17.7 Å². The third-order valence-corrected chi connectivity index (χ3v) is 4.11. The van der Waals surface area contributed by atoms with E-state index in [-0.39, 0.29) is 18.0 Å². The van der Waals surface area contributed by atoms with Gasteiger partial charge in [0.2, 0.25) is 6.79 Å². The number of rotatable bonds is 5. The lowest BCUT2D eigenvalue weighted by Crippen LogP contribution is -2.14. The van der Waals surface area contributed by atoms with Crippen molar-refractivity contribution in [1.29, 1.82) is 0 Å². The van der Waals surface area contributed by atoms with E-state index in [1.165, 1.54) is 6.20 Å². The molecular weight excluding hydrogens is 368 g/mol. The summed E-state index contributed by atoms with van der Waals surface area (Å²) in [6, 6.07) is 10.1. The first-order chi connectivity index (χ1) is 13.6. The first-order valence-electron chi connectivity index (χ1n) is 8.42. The molecule has 0 atom stereocenters. The number of hydrogen-bond donors (Lipinski definition) is 2. The molecule has 8 heteroatoms. The molecule has 0 radical (unpaired) electrons. The number of pyridine rings is 1. The Bertz CT molecular complexity index is 1040. The Morgan fingerprint density at radius 3 is 2.75 bits per heavy atom. The molecule has 4 rings (SSSR count). The van der Waals surface area contributed by atoms with Gasteiger partial charge in [-0.15, -0.1) is 0 Å². The molecule has 2 aromatic carbocycles. The Morgan fingerprint density at radius 1 is 1.04 bits per heavy atom. The molecule has 0 unspecified atom stereocenters. The third-order valence-electron chi connectivity index (χ3n) is 4.11. The van der Waals surface area contributed by atoms with Crippen molar-refractivity contribution >= 4 is 17.3 Å². The first kappa shape index (κ1) is 17.7. The highest BCUT2D eigenvalue weighted by molar-refractivity contribution is 6.04. The summed E-state index contributed by atoms with van der Waals surface area (Å²) in [6.45, 7) is 0.692. The number of ether oxygens (including phenoxy) is 2. The number of amides is 1. The first-order valence-corrected chi connectivity index (χ1v) is 8.42. The van der Waals surface area contributed by atoms with Gasteiger partial charge in [0.15, 0.2) is 11.5 Å². The van der Waals surface area contributed by atoms with Gasteiger partial charge in [-0.1, -0.05) is 6.07 Å². The standard InChI is InChI=1S/C20H15F2N3O3/c21-14-2-3-17(16(22)7-14)25-20(26)13-6-15(10-23-9-13)24-8-12-1-4-18-19(5-12)28-11-27-18/h1-7,9-10,24H,8,11H2,(H,25,26). The van der Waals surface area contributed by atoms with Gasteiger partial charge in [0.1, 0.15) is 11.6 Å². The molecule has 1 aliphatic heterocycles. The predicted octanol–water partition coefficient (Wildman–Crippen LogP) is 3.95. The molecule has 1 amide bonds. The highest BCUT2D eigenvalue weighted by Crippen LogP contribution is 2.32. The van der Waals surface area contributed by atoms with Crippen molar-refractivity contribution in [2.24, 2.45) is 0 Å². The second kappa shape index (κ2) is 7.51. The van der Waals surface area contributed by atoms with Crippen molar-refractivity contribution in [2.75, 3.05) is 17.4 Å². The van der Waals surface area contributed by atoms with Crippen LogP contribution in [0.15, 0.2) is 54.9 Å². The van der Waals surface area contributed by atoms with Gasteiger partial charge in [0.05, 0.1) is 16.9 Å². The maximum Gasteiger partial charge on any atom is 0.257 e. The number of carbonyl (C=O) groups excluding carboxylic acids is 1. The quantitative estimate of drug-likeness (QED) is 0.698. The number of nitrogens with one attached hydrogen (secondary N) is 2. The van der Waals surface area contributed by atoms with Crippen molar-refractivity contribution in [1.82, 2.24) is 4.98 Å². The summed E-state index contributed by atoms with van der Waals surface area (Å²) in [4.78, 5) is 16.4. The van der Waals surface area contributed by atoms with E-state index in [0.29, 0.717) is 29.8 Å². The van der Waals surface area contributed by atoms with Crippen LogP contribution < -0.4 is 20.1 Å². The van der Waals surface area contributed by atoms with Crippen LogP contribution in [0.25, 0.3) is 0 Å². The van der Waals surface area contributed by atoms with Gasteiger partial charge >= 0.3 is 0 Å². The second-order valence-corrected chi connectivity index (χ2v) is 6.08. The van der Waals surface area contributed by atoms with Crippen LogP contribution in [-0.4, -0.2) is 17.7 Å². The fraction of sp³-hybridized carbons (Fsp3) is 0.100. The summed E-state index contributed by atoms with van der Waals surface area (Å²) in [5.74, 6) is -0.723. The minimum absolute atomic E-state index is 0.106. The zero-order valence-electron chi connectivity index (χ0n) is 14.5. The lowest BCUT2D eigenvalue weighted by Gasteiger charge is -2.10. The summed E-state index contributed by atoms with van der Waals surface area (Å²) >= 11 is 0. The topological polar surface area (TPSA) is 72.5 Å². The van der Waals surface area contributed by atoms with Crippen LogP contribution in [0, 0.1) is 11.6 Å². The van der Waals surface area contributed by atoms with Crippen LogP contribution in [-0.2, 0) is 6.54 Å². The normalized spacial score (nSPS) is 11.9. The fourth-order valence-corrected chi connectivity index (χ4v) is 2.70. The number of nitrogens with zero attached hydrogens (tertiary/aromatic N) is 1. The number of carbonyl (C=O) groups is 1. The van der Waals surface area contributed by atoms with Crippen molar-refractivity contribution in [3.63, 3.8) is 0 Å². The molecule has 0 fully saturated rings. The van der Waals surface area contributed by atoms with Crippen LogP contribution in [0.1, 0.15) is 15.9 Å². The summed E-state index contributed by atoms with van der Waals surface area (Å²) < 4.78 is 37.3. The largest absolute Gasteiger partial charge is 0.454 e. The van der Waals surface area contributed by atoms with Crippen LogP contribution in [0.2, 0.25) is 0 Å². The average molecular weight is 383 g/mol. The molecule has 2 heterocycles. The third kappa shape index (κ3) is 3.85. The van der Waals surface area contributed by atoms with Crippen molar-refractivity contribution in [3.05, 3.63) is 77.6 Å². The smallest absolute Gasteiger partial charge is 0.257 e. The number of benzene rings is 2. The van der Waals surface area contributed by atoms with E-state index < -0.39 is 17.5 Å². The van der Waals surface area contributed by atoms with Crippen molar-refractivity contribution < 1.29 is 23.0 Å². The molecule has 0 saturated carbocycles. The second-order valence-electron chi connectivity index (χ2n) is 6.08. The van der Waals surface area contributed by atoms with Gasteiger partial charge in [-0.05, 0) is 35.9 Å². The highest BCUT2D eigenvalue weighted by Gasteiger charge is 2.14. The molecule has 1 aromatic heterocycles. The van der Waals surface area contributed by atoms with Gasteiger partial charge in [-0.2, -0.15) is 0 Å². The summed E-state index contributed by atoms with van der Waals surface area (Å²) in [7, 11) is 0. The fourth-order valence-electron chi connectivity index (χ4n) is 2.70. The molecule has 0 aliphatic carbocycles. The highest BCUT2D eigenvalue weighted by atomic mass is 19.1. The van der Waals surface area contributed by atoms with E-state index >= 15 is 0 Å². The molecule has 0 spiro atoms. The number of halogens is 2. The van der Waals surface area contributed by atoms with Gasteiger partial charge in [-0.25, -0.2) is 8.78 Å². The number of aromatic nitrogens is 1. The molecule has 6 nitrogen and oxygen atoms in total. The minimum Gasteiger partial charge on any atom is -0.454 e. The van der Waals surface area contributed by atoms with Gasteiger partial charge in [0, 0.05) is 25.0 Å². The molecule has 3 aromatic rings. The van der Waals surface area contributed by atoms with E-state index in [4.69, 9.17) is 9.47 Å². The maximum absolute atomic E-state index is 13.7. The zero-order valence-corrected chi connectivity index (χ0v) is 14.5. The molecule has 0 saturated heterocycles. The molecule has 28 heavy (non-hydrogen) atoms. The lowest BCUT2D eigenvalue weighted by atomic mass is 10.2. The molecule has 1 aliphatic rings. The van der Waals surface area contributed by atoms with Crippen LogP contribution in [0.4, 0.5) is 20.2 Å². The monoisotopic (exact) mass is 383 g/mol. The number of anilines is 2. The Labute approximate surface area is 159 Å². The molecule has 2 N–H and O–H groups in total. The van der Waals surface area contributed by atoms with Gasteiger partial charge in [0.25, 0.3) is 5.91 Å². The predicted molar refractivity (Wildman–Crippen MR) is 98.4 cm³/mol. The van der Waals surface area contributed by atoms with E-state index in [2.05, 4.69) is 15.6 Å².